The Morgan fingerprint density at radius 1 is 1.27 bits per heavy atom. The van der Waals surface area contributed by atoms with Crippen LogP contribution in [-0.4, -0.2) is 21.9 Å². The lowest BCUT2D eigenvalue weighted by Crippen LogP contribution is -2.16. The number of carbonyl (C=O) groups is 1. The molecule has 0 spiro atoms. The predicted molar refractivity (Wildman–Crippen MR) is 104 cm³/mol. The van der Waals surface area contributed by atoms with Crippen LogP contribution < -0.4 is 5.43 Å². The summed E-state index contributed by atoms with van der Waals surface area (Å²) in [4.78, 5) is 14.4. The summed E-state index contributed by atoms with van der Waals surface area (Å²) in [5.41, 5.74) is 7.75. The maximum absolute atomic E-state index is 12.3. The second-order valence-corrected chi connectivity index (χ2v) is 7.58. The SMILES string of the molecule is Cc1nn(-c2ccccc2)c(C)c1/C=N\NC(=O)c1cc2c(s1)CCC2. The van der Waals surface area contributed by atoms with E-state index in [9.17, 15) is 4.79 Å². The molecule has 1 amide bonds. The molecule has 2 heterocycles. The van der Waals surface area contributed by atoms with Crippen LogP contribution in [0.4, 0.5) is 0 Å². The normalized spacial score (nSPS) is 13.3. The molecular formula is C20H20N4OS. The van der Waals surface area contributed by atoms with Crippen LogP contribution in [0.3, 0.4) is 0 Å². The molecule has 3 aromatic rings. The summed E-state index contributed by atoms with van der Waals surface area (Å²) in [6, 6.07) is 12.0. The molecule has 6 heteroatoms. The van der Waals surface area contributed by atoms with E-state index in [1.54, 1.807) is 17.6 Å². The lowest BCUT2D eigenvalue weighted by atomic mass is 10.2. The molecule has 0 radical (unpaired) electrons. The number of para-hydroxylation sites is 1. The smallest absolute Gasteiger partial charge is 0.266 e. The Labute approximate surface area is 156 Å². The van der Waals surface area contributed by atoms with Gasteiger partial charge in [0.2, 0.25) is 0 Å². The number of aryl methyl sites for hydroxylation is 3. The fourth-order valence-corrected chi connectivity index (χ4v) is 4.46. The molecule has 1 aromatic carbocycles. The summed E-state index contributed by atoms with van der Waals surface area (Å²) in [5, 5.41) is 8.74. The Morgan fingerprint density at radius 2 is 2.08 bits per heavy atom. The van der Waals surface area contributed by atoms with Crippen LogP contribution >= 0.6 is 11.3 Å². The second kappa shape index (κ2) is 6.88. The van der Waals surface area contributed by atoms with Gasteiger partial charge in [0, 0.05) is 10.4 Å². The number of nitrogens with zero attached hydrogens (tertiary/aromatic N) is 3. The van der Waals surface area contributed by atoms with Crippen molar-refractivity contribution in [1.82, 2.24) is 15.2 Å². The van der Waals surface area contributed by atoms with Crippen molar-refractivity contribution in [2.45, 2.75) is 33.1 Å². The van der Waals surface area contributed by atoms with Gasteiger partial charge in [-0.2, -0.15) is 10.2 Å². The van der Waals surface area contributed by atoms with Crippen molar-refractivity contribution in [1.29, 1.82) is 0 Å². The third-order valence-electron chi connectivity index (χ3n) is 4.68. The Morgan fingerprint density at radius 3 is 2.85 bits per heavy atom. The van der Waals surface area contributed by atoms with Crippen molar-refractivity contribution in [3.63, 3.8) is 0 Å². The van der Waals surface area contributed by atoms with E-state index in [2.05, 4.69) is 15.6 Å². The van der Waals surface area contributed by atoms with E-state index in [-0.39, 0.29) is 5.91 Å². The maximum atomic E-state index is 12.3. The molecule has 4 rings (SSSR count). The van der Waals surface area contributed by atoms with E-state index < -0.39 is 0 Å². The topological polar surface area (TPSA) is 59.3 Å². The number of carbonyl (C=O) groups excluding carboxylic acids is 1. The highest BCUT2D eigenvalue weighted by molar-refractivity contribution is 7.14. The lowest BCUT2D eigenvalue weighted by Gasteiger charge is -2.03. The fraction of sp³-hybridized carbons (Fsp3) is 0.250. The molecule has 2 aromatic heterocycles. The summed E-state index contributed by atoms with van der Waals surface area (Å²) in [7, 11) is 0. The first-order valence-corrected chi connectivity index (χ1v) is 9.52. The van der Waals surface area contributed by atoms with Crippen molar-refractivity contribution >= 4 is 23.5 Å². The van der Waals surface area contributed by atoms with Crippen molar-refractivity contribution in [3.05, 3.63) is 68.7 Å². The Balaban J connectivity index is 1.50. The predicted octanol–water partition coefficient (Wildman–Crippen LogP) is 3.80. The van der Waals surface area contributed by atoms with Crippen LogP contribution in [0.25, 0.3) is 5.69 Å². The average Bonchev–Trinajstić information content (AvgIpc) is 3.31. The first-order valence-electron chi connectivity index (χ1n) is 8.70. The summed E-state index contributed by atoms with van der Waals surface area (Å²) >= 11 is 1.58. The third kappa shape index (κ3) is 3.08. The number of hydrogen-bond acceptors (Lipinski definition) is 4. The first-order chi connectivity index (χ1) is 12.6. The number of rotatable bonds is 4. The van der Waals surface area contributed by atoms with E-state index in [4.69, 9.17) is 0 Å². The van der Waals surface area contributed by atoms with Gasteiger partial charge >= 0.3 is 0 Å². The molecule has 0 saturated carbocycles. The van der Waals surface area contributed by atoms with Gasteiger partial charge in [0.1, 0.15) is 0 Å². The minimum absolute atomic E-state index is 0.147. The van der Waals surface area contributed by atoms with E-state index in [1.807, 2.05) is 54.9 Å². The van der Waals surface area contributed by atoms with Gasteiger partial charge in [-0.1, -0.05) is 18.2 Å². The zero-order valence-electron chi connectivity index (χ0n) is 14.8. The third-order valence-corrected chi connectivity index (χ3v) is 5.91. The molecule has 0 atom stereocenters. The van der Waals surface area contributed by atoms with Crippen molar-refractivity contribution in [2.75, 3.05) is 0 Å². The van der Waals surface area contributed by atoms with E-state index in [1.165, 1.54) is 16.9 Å². The summed E-state index contributed by atoms with van der Waals surface area (Å²) in [6.45, 7) is 3.94. The van der Waals surface area contributed by atoms with Gasteiger partial charge in [-0.05, 0) is 56.9 Å². The van der Waals surface area contributed by atoms with Crippen LogP contribution in [0.5, 0.6) is 0 Å². The van der Waals surface area contributed by atoms with Crippen LogP contribution in [0, 0.1) is 13.8 Å². The molecule has 132 valence electrons. The van der Waals surface area contributed by atoms with Crippen LogP contribution in [0.15, 0.2) is 41.5 Å². The zero-order valence-corrected chi connectivity index (χ0v) is 15.6. The number of amides is 1. The van der Waals surface area contributed by atoms with Gasteiger partial charge < -0.3 is 0 Å². The minimum Gasteiger partial charge on any atom is -0.266 e. The zero-order chi connectivity index (χ0) is 18.1. The van der Waals surface area contributed by atoms with Crippen molar-refractivity contribution in [3.8, 4) is 5.69 Å². The monoisotopic (exact) mass is 364 g/mol. The van der Waals surface area contributed by atoms with Gasteiger partial charge in [-0.25, -0.2) is 10.1 Å². The number of aromatic nitrogens is 2. The molecular weight excluding hydrogens is 344 g/mol. The highest BCUT2D eigenvalue weighted by atomic mass is 32.1. The van der Waals surface area contributed by atoms with E-state index >= 15 is 0 Å². The maximum Gasteiger partial charge on any atom is 0.281 e. The molecule has 0 bridgehead atoms. The summed E-state index contributed by atoms with van der Waals surface area (Å²) in [5.74, 6) is -0.147. The molecule has 26 heavy (non-hydrogen) atoms. The number of thiophene rings is 1. The lowest BCUT2D eigenvalue weighted by molar-refractivity contribution is 0.0959. The van der Waals surface area contributed by atoms with E-state index in [0.717, 1.165) is 40.4 Å². The fourth-order valence-electron chi connectivity index (χ4n) is 3.31. The first kappa shape index (κ1) is 16.7. The Hall–Kier alpha value is -2.73. The molecule has 0 aliphatic heterocycles. The minimum atomic E-state index is -0.147. The highest BCUT2D eigenvalue weighted by Crippen LogP contribution is 2.30. The molecule has 0 fully saturated rings. The molecule has 1 aliphatic carbocycles. The van der Waals surface area contributed by atoms with Gasteiger partial charge in [0.25, 0.3) is 5.91 Å². The Kier molecular flexibility index (Phi) is 4.42. The number of nitrogens with one attached hydrogen (secondary N) is 1. The standard InChI is InChI=1S/C20H20N4OS/c1-13-17(14(2)24(23-13)16-8-4-3-5-9-16)12-21-22-20(25)19-11-15-7-6-10-18(15)26-19/h3-5,8-9,11-12H,6-7,10H2,1-2H3,(H,22,25)/b21-12-. The molecule has 1 N–H and O–H groups in total. The van der Waals surface area contributed by atoms with Crippen molar-refractivity contribution < 1.29 is 4.79 Å². The average molecular weight is 364 g/mol. The number of hydrogen-bond donors (Lipinski definition) is 1. The van der Waals surface area contributed by atoms with Crippen molar-refractivity contribution in [2.24, 2.45) is 5.10 Å². The number of benzene rings is 1. The summed E-state index contributed by atoms with van der Waals surface area (Å²) < 4.78 is 1.89. The van der Waals surface area contributed by atoms with E-state index in [0.29, 0.717) is 0 Å². The molecule has 0 unspecified atom stereocenters. The van der Waals surface area contributed by atoms with Gasteiger partial charge in [-0.3, -0.25) is 4.79 Å². The van der Waals surface area contributed by atoms with Crippen LogP contribution in [0.2, 0.25) is 0 Å². The Bertz CT molecular complexity index is 963. The van der Waals surface area contributed by atoms with Crippen LogP contribution in [-0.2, 0) is 12.8 Å². The largest absolute Gasteiger partial charge is 0.281 e. The highest BCUT2D eigenvalue weighted by Gasteiger charge is 2.18. The molecule has 5 nitrogen and oxygen atoms in total. The van der Waals surface area contributed by atoms with Gasteiger partial charge in [0.15, 0.2) is 0 Å². The van der Waals surface area contributed by atoms with Crippen LogP contribution in [0.1, 0.15) is 43.5 Å². The summed E-state index contributed by atoms with van der Waals surface area (Å²) in [6.07, 6.45) is 5.05. The van der Waals surface area contributed by atoms with Gasteiger partial charge in [0.05, 0.1) is 28.2 Å². The molecule has 1 aliphatic rings. The number of fused-ring (bicyclic) bond motifs is 1. The second-order valence-electron chi connectivity index (χ2n) is 6.44. The van der Waals surface area contributed by atoms with Gasteiger partial charge in [-0.15, -0.1) is 11.3 Å². The quantitative estimate of drug-likeness (QED) is 0.565. The molecule has 0 saturated heterocycles. The number of hydrazone groups is 1.